The molecule has 0 spiro atoms. The maximum Gasteiger partial charge on any atom is 0.311 e. The molecular weight excluding hydrogens is 549 g/mol. The number of hydrogen-bond acceptors (Lipinski definition) is 6. The smallest absolute Gasteiger partial charge is 0.311 e. The number of nitrogens with zero attached hydrogens (tertiary/aromatic N) is 2. The van der Waals surface area contributed by atoms with E-state index in [0.717, 1.165) is 42.9 Å². The van der Waals surface area contributed by atoms with E-state index in [4.69, 9.17) is 17.7 Å². The molecular formula is C31H56N2O4Si3. The van der Waals surface area contributed by atoms with Crippen LogP contribution in [0.2, 0.25) is 51.9 Å². The van der Waals surface area contributed by atoms with Gasteiger partial charge in [0.25, 0.3) is 0 Å². The topological polar surface area (TPSA) is 62.7 Å². The van der Waals surface area contributed by atoms with Gasteiger partial charge >= 0.3 is 8.56 Å². The van der Waals surface area contributed by atoms with E-state index in [9.17, 15) is 0 Å². The Labute approximate surface area is 248 Å². The van der Waals surface area contributed by atoms with Crippen LogP contribution in [-0.4, -0.2) is 48.4 Å². The SMILES string of the molecule is CCCCCCCCOc1ccc(-c2ncc(OCCCCCC[Si](C)(C)O[Si](C)(C)O[Si](C)(C)C)cn2)cc1. The van der Waals surface area contributed by atoms with Crippen molar-refractivity contribution in [3.63, 3.8) is 0 Å². The number of hydrogen-bond donors (Lipinski definition) is 0. The largest absolute Gasteiger partial charge is 0.494 e. The van der Waals surface area contributed by atoms with Crippen LogP contribution in [0.5, 0.6) is 11.5 Å². The second-order valence-electron chi connectivity index (χ2n) is 12.9. The Morgan fingerprint density at radius 3 is 1.70 bits per heavy atom. The van der Waals surface area contributed by atoms with E-state index in [1.807, 2.05) is 24.3 Å². The summed E-state index contributed by atoms with van der Waals surface area (Å²) in [5.74, 6) is 2.32. The number of ether oxygens (including phenoxy) is 2. The lowest BCUT2D eigenvalue weighted by Crippen LogP contribution is -2.51. The van der Waals surface area contributed by atoms with Gasteiger partial charge in [-0.05, 0) is 89.0 Å². The number of benzene rings is 1. The zero-order valence-electron chi connectivity index (χ0n) is 26.7. The second kappa shape index (κ2) is 17.4. The third-order valence-corrected chi connectivity index (χ3v) is 16.7. The molecule has 2 aromatic rings. The molecule has 1 aromatic carbocycles. The van der Waals surface area contributed by atoms with Crippen molar-refractivity contribution in [1.29, 1.82) is 0 Å². The third kappa shape index (κ3) is 15.5. The summed E-state index contributed by atoms with van der Waals surface area (Å²) in [5.41, 5.74) is 0.979. The fourth-order valence-corrected chi connectivity index (χ4v) is 18.3. The summed E-state index contributed by atoms with van der Waals surface area (Å²) in [6.07, 6.45) is 15.7. The van der Waals surface area contributed by atoms with Crippen LogP contribution in [0.3, 0.4) is 0 Å². The van der Waals surface area contributed by atoms with Crippen molar-refractivity contribution >= 4 is 25.2 Å². The monoisotopic (exact) mass is 604 g/mol. The van der Waals surface area contributed by atoms with E-state index >= 15 is 0 Å². The molecule has 40 heavy (non-hydrogen) atoms. The zero-order valence-corrected chi connectivity index (χ0v) is 29.7. The fourth-order valence-electron chi connectivity index (χ4n) is 4.98. The highest BCUT2D eigenvalue weighted by atomic mass is 28.5. The van der Waals surface area contributed by atoms with Crippen LogP contribution in [0.1, 0.15) is 71.1 Å². The molecule has 1 heterocycles. The minimum atomic E-state index is -2.05. The van der Waals surface area contributed by atoms with Gasteiger partial charge < -0.3 is 17.7 Å². The van der Waals surface area contributed by atoms with E-state index in [0.29, 0.717) is 12.4 Å². The maximum absolute atomic E-state index is 6.61. The fraction of sp³-hybridized carbons (Fsp3) is 0.677. The average molecular weight is 605 g/mol. The summed E-state index contributed by atoms with van der Waals surface area (Å²) in [5, 5.41) is 0. The molecule has 0 saturated heterocycles. The van der Waals surface area contributed by atoms with Crippen LogP contribution in [0.25, 0.3) is 11.4 Å². The predicted octanol–water partition coefficient (Wildman–Crippen LogP) is 9.60. The summed E-state index contributed by atoms with van der Waals surface area (Å²) >= 11 is 0. The Morgan fingerprint density at radius 1 is 0.600 bits per heavy atom. The van der Waals surface area contributed by atoms with Crippen molar-refractivity contribution in [3.8, 4) is 22.9 Å². The molecule has 0 amide bonds. The summed E-state index contributed by atoms with van der Waals surface area (Å²) in [4.78, 5) is 9.01. The molecule has 0 aliphatic heterocycles. The van der Waals surface area contributed by atoms with Gasteiger partial charge in [-0.1, -0.05) is 58.3 Å². The highest BCUT2D eigenvalue weighted by molar-refractivity contribution is 6.87. The third-order valence-electron chi connectivity index (χ3n) is 6.52. The maximum atomic E-state index is 6.61. The van der Waals surface area contributed by atoms with Crippen LogP contribution in [-0.2, 0) is 8.23 Å². The Kier molecular flexibility index (Phi) is 15.1. The first-order valence-electron chi connectivity index (χ1n) is 15.5. The highest BCUT2D eigenvalue weighted by Crippen LogP contribution is 2.25. The van der Waals surface area contributed by atoms with Crippen molar-refractivity contribution in [2.75, 3.05) is 13.2 Å². The Bertz CT molecular complexity index is 949. The molecule has 6 nitrogen and oxygen atoms in total. The molecule has 0 N–H and O–H groups in total. The molecule has 0 fully saturated rings. The molecule has 0 saturated carbocycles. The van der Waals surface area contributed by atoms with Gasteiger partial charge in [0.1, 0.15) is 5.75 Å². The Hall–Kier alpha value is -1.53. The minimum absolute atomic E-state index is 0.689. The normalized spacial score (nSPS) is 12.5. The second-order valence-corrected chi connectivity index (χ2v) is 25.5. The van der Waals surface area contributed by atoms with Gasteiger partial charge in [-0.2, -0.15) is 0 Å². The van der Waals surface area contributed by atoms with E-state index in [-0.39, 0.29) is 0 Å². The van der Waals surface area contributed by atoms with Gasteiger partial charge in [0, 0.05) is 5.56 Å². The van der Waals surface area contributed by atoms with Crippen LogP contribution >= 0.6 is 0 Å². The van der Waals surface area contributed by atoms with Gasteiger partial charge in [0.15, 0.2) is 28.2 Å². The first-order chi connectivity index (χ1) is 18.9. The van der Waals surface area contributed by atoms with Crippen LogP contribution in [0, 0.1) is 0 Å². The predicted molar refractivity (Wildman–Crippen MR) is 176 cm³/mol. The zero-order chi connectivity index (χ0) is 29.5. The quantitative estimate of drug-likeness (QED) is 0.104. The van der Waals surface area contributed by atoms with Crippen LogP contribution in [0.15, 0.2) is 36.7 Å². The van der Waals surface area contributed by atoms with E-state index in [2.05, 4.69) is 62.7 Å². The van der Waals surface area contributed by atoms with Crippen molar-refractivity contribution in [3.05, 3.63) is 36.7 Å². The first kappa shape index (κ1) is 34.7. The lowest BCUT2D eigenvalue weighted by molar-refractivity contribution is 0.302. The molecule has 1 aromatic heterocycles. The molecule has 0 bridgehead atoms. The van der Waals surface area contributed by atoms with Crippen molar-refractivity contribution in [2.45, 2.75) is 123 Å². The van der Waals surface area contributed by atoms with E-state index < -0.39 is 25.2 Å². The van der Waals surface area contributed by atoms with Crippen molar-refractivity contribution in [1.82, 2.24) is 9.97 Å². The standard InChI is InChI=1S/C31H56N2O4Si3/c1-9-10-11-12-13-16-23-34-29-21-19-28(20-22-29)31-32-26-30(27-33-31)35-24-17-14-15-18-25-39(5,6)37-40(7,8)36-38(2,3)4/h19-22,26-27H,9-18,23-25H2,1-8H3. The highest BCUT2D eigenvalue weighted by Gasteiger charge is 2.37. The molecule has 0 radical (unpaired) electrons. The summed E-state index contributed by atoms with van der Waals surface area (Å²) in [7, 11) is -5.33. The van der Waals surface area contributed by atoms with Gasteiger partial charge in [-0.15, -0.1) is 0 Å². The Morgan fingerprint density at radius 2 is 1.12 bits per heavy atom. The van der Waals surface area contributed by atoms with Gasteiger partial charge in [-0.3, -0.25) is 0 Å². The van der Waals surface area contributed by atoms with E-state index in [1.165, 1.54) is 51.0 Å². The van der Waals surface area contributed by atoms with Crippen molar-refractivity contribution < 1.29 is 17.7 Å². The first-order valence-corrected chi connectivity index (χ1v) is 24.8. The molecule has 0 aliphatic carbocycles. The molecule has 0 aliphatic rings. The summed E-state index contributed by atoms with van der Waals surface area (Å²) in [6, 6.07) is 9.22. The lowest BCUT2D eigenvalue weighted by atomic mass is 10.1. The molecule has 226 valence electrons. The van der Waals surface area contributed by atoms with E-state index in [1.54, 1.807) is 12.4 Å². The van der Waals surface area contributed by atoms with Crippen molar-refractivity contribution in [2.24, 2.45) is 0 Å². The summed E-state index contributed by atoms with van der Waals surface area (Å²) < 4.78 is 24.8. The minimum Gasteiger partial charge on any atom is -0.494 e. The molecule has 0 unspecified atom stereocenters. The number of aromatic nitrogens is 2. The molecule has 9 heteroatoms. The van der Waals surface area contributed by atoms with Gasteiger partial charge in [0.05, 0.1) is 25.6 Å². The summed E-state index contributed by atoms with van der Waals surface area (Å²) in [6.45, 7) is 19.5. The molecule has 2 rings (SSSR count). The lowest BCUT2D eigenvalue weighted by Gasteiger charge is -2.37. The van der Waals surface area contributed by atoms with Crippen LogP contribution < -0.4 is 9.47 Å². The van der Waals surface area contributed by atoms with Crippen LogP contribution in [0.4, 0.5) is 0 Å². The number of unbranched alkanes of at least 4 members (excludes halogenated alkanes) is 8. The molecule has 0 atom stereocenters. The van der Waals surface area contributed by atoms with Gasteiger partial charge in [-0.25, -0.2) is 9.97 Å². The Balaban J connectivity index is 1.61. The number of rotatable bonds is 21. The average Bonchev–Trinajstić information content (AvgIpc) is 2.86. The van der Waals surface area contributed by atoms with Gasteiger partial charge in [0.2, 0.25) is 0 Å².